The summed E-state index contributed by atoms with van der Waals surface area (Å²) in [5, 5.41) is 3.41. The van der Waals surface area contributed by atoms with Gasteiger partial charge in [0.05, 0.1) is 11.9 Å². The Balaban J connectivity index is 1.17. The van der Waals surface area contributed by atoms with Gasteiger partial charge in [-0.05, 0) is 68.1 Å². The van der Waals surface area contributed by atoms with E-state index in [2.05, 4.69) is 40.5 Å². The third-order valence-corrected chi connectivity index (χ3v) is 6.64. The Hall–Kier alpha value is -3.64. The van der Waals surface area contributed by atoms with Gasteiger partial charge in [0.15, 0.2) is 5.58 Å². The molecule has 1 N–H and O–H groups in total. The minimum Gasteiger partial charge on any atom is -0.376 e. The molecule has 0 bridgehead atoms. The van der Waals surface area contributed by atoms with E-state index in [9.17, 15) is 9.59 Å². The molecule has 0 atom stereocenters. The normalized spacial score (nSPS) is 14.9. The van der Waals surface area contributed by atoms with E-state index in [4.69, 9.17) is 4.52 Å². The number of carbonyl (C=O) groups excluding carboxylic acids is 1. The van der Waals surface area contributed by atoms with Crippen molar-refractivity contribution >= 4 is 22.6 Å². The monoisotopic (exact) mass is 455 g/mol. The van der Waals surface area contributed by atoms with Crippen LogP contribution in [0.5, 0.6) is 0 Å². The summed E-state index contributed by atoms with van der Waals surface area (Å²) < 4.78 is 7.32. The van der Waals surface area contributed by atoms with Crippen LogP contribution in [0.3, 0.4) is 0 Å². The molecule has 0 unspecified atom stereocenters. The second kappa shape index (κ2) is 10.1. The van der Waals surface area contributed by atoms with Gasteiger partial charge in [-0.15, -0.1) is 0 Å². The molecule has 1 aliphatic heterocycles. The molecule has 1 aromatic heterocycles. The van der Waals surface area contributed by atoms with Crippen molar-refractivity contribution in [3.05, 3.63) is 100 Å². The summed E-state index contributed by atoms with van der Waals surface area (Å²) >= 11 is 0. The highest BCUT2D eigenvalue weighted by Gasteiger charge is 2.20. The molecule has 0 spiro atoms. The summed E-state index contributed by atoms with van der Waals surface area (Å²) in [6.45, 7) is 3.74. The molecule has 6 nitrogen and oxygen atoms in total. The predicted octanol–water partition coefficient (Wildman–Crippen LogP) is 5.15. The Morgan fingerprint density at radius 2 is 1.65 bits per heavy atom. The number of anilines is 1. The van der Waals surface area contributed by atoms with E-state index in [1.54, 1.807) is 30.3 Å². The second-order valence-electron chi connectivity index (χ2n) is 9.02. The number of benzene rings is 3. The van der Waals surface area contributed by atoms with Gasteiger partial charge in [-0.3, -0.25) is 14.5 Å². The van der Waals surface area contributed by atoms with E-state index >= 15 is 0 Å². The van der Waals surface area contributed by atoms with Crippen LogP contribution in [0.15, 0.2) is 88.2 Å². The Kier molecular flexibility index (Phi) is 6.58. The van der Waals surface area contributed by atoms with Gasteiger partial charge >= 0.3 is 0 Å². The highest BCUT2D eigenvalue weighted by atomic mass is 16.5. The van der Waals surface area contributed by atoms with Gasteiger partial charge in [0.2, 0.25) is 0 Å². The first-order valence-corrected chi connectivity index (χ1v) is 11.9. The van der Waals surface area contributed by atoms with E-state index in [0.29, 0.717) is 34.7 Å². The topological polar surface area (TPSA) is 67.5 Å². The summed E-state index contributed by atoms with van der Waals surface area (Å²) in [6, 6.07) is 24.8. The van der Waals surface area contributed by atoms with Crippen LogP contribution in [0.1, 0.15) is 35.2 Å². The molecule has 34 heavy (non-hydrogen) atoms. The number of likely N-dealkylation sites (tertiary alicyclic amines) is 1. The largest absolute Gasteiger partial charge is 0.376 e. The molecule has 6 heteroatoms. The van der Waals surface area contributed by atoms with Crippen molar-refractivity contribution in [3.8, 4) is 0 Å². The van der Waals surface area contributed by atoms with Gasteiger partial charge in [-0.25, -0.2) is 0 Å². The van der Waals surface area contributed by atoms with E-state index in [-0.39, 0.29) is 11.5 Å². The number of nitrogens with zero attached hydrogens (tertiary/aromatic N) is 2. The van der Waals surface area contributed by atoms with Crippen molar-refractivity contribution in [3.63, 3.8) is 0 Å². The quantitative estimate of drug-likeness (QED) is 0.419. The summed E-state index contributed by atoms with van der Waals surface area (Å²) in [5.74, 6) is 0.396. The lowest BCUT2D eigenvalue weighted by molar-refractivity contribution is 0.102. The average Bonchev–Trinajstić information content (AvgIpc) is 3.19. The van der Waals surface area contributed by atoms with Crippen LogP contribution in [0.2, 0.25) is 0 Å². The molecule has 3 aromatic carbocycles. The zero-order chi connectivity index (χ0) is 23.3. The fourth-order valence-electron chi connectivity index (χ4n) is 4.66. The van der Waals surface area contributed by atoms with Crippen LogP contribution >= 0.6 is 0 Å². The summed E-state index contributed by atoms with van der Waals surface area (Å²) in [5.41, 5.74) is 2.92. The van der Waals surface area contributed by atoms with Crippen LogP contribution in [-0.2, 0) is 13.1 Å². The van der Waals surface area contributed by atoms with E-state index in [1.807, 2.05) is 18.2 Å². The van der Waals surface area contributed by atoms with Crippen LogP contribution in [0.25, 0.3) is 11.0 Å². The molecular weight excluding hydrogens is 426 g/mol. The second-order valence-corrected chi connectivity index (χ2v) is 9.02. The van der Waals surface area contributed by atoms with Gasteiger partial charge < -0.3 is 9.84 Å². The summed E-state index contributed by atoms with van der Waals surface area (Å²) in [4.78, 5) is 27.7. The zero-order valence-electron chi connectivity index (χ0n) is 19.2. The molecule has 1 saturated heterocycles. The van der Waals surface area contributed by atoms with Crippen LogP contribution in [-0.4, -0.2) is 28.6 Å². The number of fused-ring (bicyclic) bond motifs is 1. The van der Waals surface area contributed by atoms with E-state index in [0.717, 1.165) is 38.9 Å². The van der Waals surface area contributed by atoms with Gasteiger partial charge in [-0.1, -0.05) is 48.5 Å². The lowest BCUT2D eigenvalue weighted by Gasteiger charge is -2.31. The highest BCUT2D eigenvalue weighted by molar-refractivity contribution is 6.04. The summed E-state index contributed by atoms with van der Waals surface area (Å²) in [6.07, 6.45) is 3.20. The molecule has 0 aliphatic carbocycles. The minimum atomic E-state index is -0.194. The SMILES string of the molecule is O=C(Nc1ccc2c(=O)n(CCC3CCN(Cc4ccccc4)CC3)oc2c1)c1ccccc1. The fraction of sp³-hybridized carbons (Fsp3) is 0.286. The summed E-state index contributed by atoms with van der Waals surface area (Å²) in [7, 11) is 0. The van der Waals surface area contributed by atoms with Crippen LogP contribution in [0, 0.1) is 5.92 Å². The molecular formula is C28H29N3O3. The number of aromatic nitrogens is 1. The molecule has 5 rings (SSSR count). The molecule has 4 aromatic rings. The Bertz CT molecular complexity index is 1300. The molecule has 1 fully saturated rings. The number of hydrogen-bond acceptors (Lipinski definition) is 4. The lowest BCUT2D eigenvalue weighted by atomic mass is 9.93. The van der Waals surface area contributed by atoms with Crippen molar-refractivity contribution in [2.24, 2.45) is 5.92 Å². The number of aryl methyl sites for hydroxylation is 1. The van der Waals surface area contributed by atoms with Gasteiger partial charge in [-0.2, -0.15) is 4.74 Å². The minimum absolute atomic E-state index is 0.113. The number of rotatable bonds is 7. The molecule has 1 amide bonds. The average molecular weight is 456 g/mol. The predicted molar refractivity (Wildman–Crippen MR) is 134 cm³/mol. The fourth-order valence-corrected chi connectivity index (χ4v) is 4.66. The number of amides is 1. The van der Waals surface area contributed by atoms with Gasteiger partial charge in [0.25, 0.3) is 11.5 Å². The molecule has 1 aliphatic rings. The maximum absolute atomic E-state index is 12.8. The molecule has 0 saturated carbocycles. The number of piperidine rings is 1. The van der Waals surface area contributed by atoms with Crippen molar-refractivity contribution in [1.82, 2.24) is 9.64 Å². The van der Waals surface area contributed by atoms with E-state index in [1.165, 1.54) is 10.3 Å². The van der Waals surface area contributed by atoms with E-state index < -0.39 is 0 Å². The van der Waals surface area contributed by atoms with Crippen molar-refractivity contribution in [2.75, 3.05) is 18.4 Å². The molecule has 2 heterocycles. The van der Waals surface area contributed by atoms with Crippen LogP contribution < -0.4 is 10.9 Å². The number of carbonyl (C=O) groups is 1. The smallest absolute Gasteiger partial charge is 0.290 e. The Labute approximate surface area is 198 Å². The molecule has 174 valence electrons. The number of hydrogen-bond donors (Lipinski definition) is 1. The Morgan fingerprint density at radius 3 is 2.38 bits per heavy atom. The van der Waals surface area contributed by atoms with Gasteiger partial charge in [0.1, 0.15) is 0 Å². The van der Waals surface area contributed by atoms with Crippen molar-refractivity contribution in [1.29, 1.82) is 0 Å². The van der Waals surface area contributed by atoms with Crippen molar-refractivity contribution < 1.29 is 9.32 Å². The lowest BCUT2D eigenvalue weighted by Crippen LogP contribution is -2.33. The molecule has 0 radical (unpaired) electrons. The standard InChI is InChI=1S/C28H29N3O3/c32-27(23-9-5-2-6-10-23)29-24-11-12-25-26(19-24)34-31(28(25)33)18-15-21-13-16-30(17-14-21)20-22-7-3-1-4-8-22/h1-12,19,21H,13-18,20H2,(H,29,32). The third-order valence-electron chi connectivity index (χ3n) is 6.64. The highest BCUT2D eigenvalue weighted by Crippen LogP contribution is 2.23. The van der Waals surface area contributed by atoms with Crippen LogP contribution in [0.4, 0.5) is 5.69 Å². The first kappa shape index (κ1) is 22.2. The first-order chi connectivity index (χ1) is 16.7. The maximum atomic E-state index is 12.8. The van der Waals surface area contributed by atoms with Crippen molar-refractivity contribution in [2.45, 2.75) is 32.4 Å². The maximum Gasteiger partial charge on any atom is 0.290 e. The van der Waals surface area contributed by atoms with Gasteiger partial charge in [0, 0.05) is 23.9 Å². The Morgan fingerprint density at radius 1 is 0.941 bits per heavy atom. The first-order valence-electron chi connectivity index (χ1n) is 11.9. The number of nitrogens with one attached hydrogen (secondary N) is 1. The third kappa shape index (κ3) is 5.13. The zero-order valence-corrected chi connectivity index (χ0v) is 19.2.